The van der Waals surface area contributed by atoms with Gasteiger partial charge in [0, 0.05) is 12.0 Å². The number of ether oxygens (including phenoxy) is 1. The van der Waals surface area contributed by atoms with Gasteiger partial charge in [-0.15, -0.1) is 0 Å². The number of nitrogens with one attached hydrogen (secondary N) is 1. The molecule has 0 saturated heterocycles. The third kappa shape index (κ3) is 4.62. The van der Waals surface area contributed by atoms with Crippen molar-refractivity contribution < 1.29 is 24.5 Å². The number of amides is 2. The summed E-state index contributed by atoms with van der Waals surface area (Å²) < 4.78 is 5.77. The van der Waals surface area contributed by atoms with Crippen molar-refractivity contribution in [1.29, 1.82) is 0 Å². The summed E-state index contributed by atoms with van der Waals surface area (Å²) >= 11 is 0. The van der Waals surface area contributed by atoms with Crippen LogP contribution >= 0.6 is 0 Å². The molecule has 2 amide bonds. The van der Waals surface area contributed by atoms with E-state index in [2.05, 4.69) is 5.32 Å². The largest absolute Gasteiger partial charge is 0.484 e. The van der Waals surface area contributed by atoms with Crippen molar-refractivity contribution in [3.8, 4) is 5.75 Å². The molecule has 0 bridgehead atoms. The zero-order valence-electron chi connectivity index (χ0n) is 15.2. The van der Waals surface area contributed by atoms with Gasteiger partial charge in [-0.3, -0.25) is 9.59 Å². The molecule has 2 rings (SSSR count). The lowest BCUT2D eigenvalue weighted by Crippen LogP contribution is -2.48. The first-order chi connectivity index (χ1) is 12.2. The molecular formula is C19H26N2O5. The molecule has 5 N–H and O–H groups in total. The number of aryl methyl sites for hydroxylation is 2. The van der Waals surface area contributed by atoms with Gasteiger partial charge in [-0.2, -0.15) is 0 Å². The van der Waals surface area contributed by atoms with Gasteiger partial charge in [0.2, 0.25) is 11.8 Å². The molecule has 0 heterocycles. The van der Waals surface area contributed by atoms with Crippen LogP contribution in [-0.2, 0) is 9.59 Å². The molecule has 1 aromatic carbocycles. The van der Waals surface area contributed by atoms with Crippen LogP contribution in [0.15, 0.2) is 29.8 Å². The van der Waals surface area contributed by atoms with Gasteiger partial charge in [-0.25, -0.2) is 0 Å². The molecule has 142 valence electrons. The van der Waals surface area contributed by atoms with Gasteiger partial charge >= 0.3 is 0 Å². The number of aliphatic hydroxyl groups excluding tert-OH is 2. The van der Waals surface area contributed by atoms with Crippen molar-refractivity contribution in [2.45, 2.75) is 58.0 Å². The van der Waals surface area contributed by atoms with Crippen LogP contribution in [0.3, 0.4) is 0 Å². The molecule has 0 aromatic heterocycles. The highest BCUT2D eigenvalue weighted by atomic mass is 16.5. The number of carbonyl (C=O) groups is 2. The van der Waals surface area contributed by atoms with Crippen LogP contribution in [0.2, 0.25) is 0 Å². The van der Waals surface area contributed by atoms with Gasteiger partial charge in [0.1, 0.15) is 24.0 Å². The molecule has 0 radical (unpaired) electrons. The van der Waals surface area contributed by atoms with Crippen molar-refractivity contribution in [2.24, 2.45) is 5.73 Å². The van der Waals surface area contributed by atoms with E-state index < -0.39 is 36.2 Å². The van der Waals surface area contributed by atoms with Crippen LogP contribution < -0.4 is 15.8 Å². The van der Waals surface area contributed by atoms with Gasteiger partial charge in [0.05, 0.1) is 6.10 Å². The summed E-state index contributed by atoms with van der Waals surface area (Å²) in [5.74, 6) is -0.595. The van der Waals surface area contributed by atoms with Crippen LogP contribution in [0.4, 0.5) is 0 Å². The zero-order valence-corrected chi connectivity index (χ0v) is 15.2. The summed E-state index contributed by atoms with van der Waals surface area (Å²) in [6.07, 6.45) is -1.38. The Bertz CT molecular complexity index is 716. The maximum Gasteiger partial charge on any atom is 0.247 e. The second-order valence-electron chi connectivity index (χ2n) is 6.62. The number of rotatable bonds is 6. The fourth-order valence-corrected chi connectivity index (χ4v) is 2.77. The van der Waals surface area contributed by atoms with E-state index in [0.29, 0.717) is 12.2 Å². The van der Waals surface area contributed by atoms with E-state index in [1.807, 2.05) is 26.0 Å². The number of carbonyl (C=O) groups excluding carboxylic acids is 2. The van der Waals surface area contributed by atoms with Crippen molar-refractivity contribution in [2.75, 3.05) is 0 Å². The molecule has 1 aliphatic carbocycles. The molecule has 0 unspecified atom stereocenters. The SMILES string of the molecule is CC[C@H](NC(=O)C1=C[C@@H](Oc2ccc(C)c(C)c2)[C@H](O)[C@H](O)C1)C(N)=O. The minimum absolute atomic E-state index is 0.0328. The molecule has 1 aromatic rings. The summed E-state index contributed by atoms with van der Waals surface area (Å²) in [5, 5.41) is 22.9. The Kier molecular flexibility index (Phi) is 6.39. The van der Waals surface area contributed by atoms with Crippen molar-refractivity contribution >= 4 is 11.8 Å². The summed E-state index contributed by atoms with van der Waals surface area (Å²) in [6, 6.07) is 4.71. The molecule has 1 aliphatic rings. The maximum absolute atomic E-state index is 12.4. The summed E-state index contributed by atoms with van der Waals surface area (Å²) in [7, 11) is 0. The standard InChI is InChI=1S/C19H26N2O5/c1-4-14(18(20)24)21-19(25)12-8-15(22)17(23)16(9-12)26-13-6-5-10(2)11(3)7-13/h5-7,9,14-17,22-23H,4,8H2,1-3H3,(H2,20,24)(H,21,25)/t14-,15+,16+,17+/m0/s1. The normalized spacial score (nSPS) is 23.7. The number of nitrogens with two attached hydrogens (primary N) is 1. The molecule has 0 aliphatic heterocycles. The minimum atomic E-state index is -1.16. The third-order valence-electron chi connectivity index (χ3n) is 4.62. The fraction of sp³-hybridized carbons (Fsp3) is 0.474. The lowest BCUT2D eigenvalue weighted by Gasteiger charge is -2.31. The fourth-order valence-electron chi connectivity index (χ4n) is 2.77. The number of aliphatic hydroxyl groups is 2. The van der Waals surface area contributed by atoms with Crippen LogP contribution in [0.1, 0.15) is 30.9 Å². The van der Waals surface area contributed by atoms with Gasteiger partial charge in [-0.1, -0.05) is 13.0 Å². The first-order valence-corrected chi connectivity index (χ1v) is 8.63. The van der Waals surface area contributed by atoms with Gasteiger partial charge < -0.3 is 26.0 Å². The highest BCUT2D eigenvalue weighted by Gasteiger charge is 2.34. The molecule has 0 saturated carbocycles. The molecule has 7 nitrogen and oxygen atoms in total. The third-order valence-corrected chi connectivity index (χ3v) is 4.62. The summed E-state index contributed by atoms with van der Waals surface area (Å²) in [5.41, 5.74) is 7.63. The summed E-state index contributed by atoms with van der Waals surface area (Å²) in [4.78, 5) is 23.7. The van der Waals surface area contributed by atoms with Gasteiger partial charge in [-0.05, 0) is 49.6 Å². The van der Waals surface area contributed by atoms with E-state index in [9.17, 15) is 19.8 Å². The second kappa shape index (κ2) is 8.33. The molecule has 0 spiro atoms. The average Bonchev–Trinajstić information content (AvgIpc) is 2.59. The lowest BCUT2D eigenvalue weighted by molar-refractivity contribution is -0.126. The number of primary amides is 1. The van der Waals surface area contributed by atoms with E-state index in [1.165, 1.54) is 6.08 Å². The topological polar surface area (TPSA) is 122 Å². The predicted octanol–water partition coefficient (Wildman–Crippen LogP) is 0.483. The van der Waals surface area contributed by atoms with E-state index in [1.54, 1.807) is 13.0 Å². The number of benzene rings is 1. The Balaban J connectivity index is 2.19. The molecule has 4 atom stereocenters. The van der Waals surface area contributed by atoms with E-state index >= 15 is 0 Å². The van der Waals surface area contributed by atoms with Crippen LogP contribution in [0.5, 0.6) is 5.75 Å². The van der Waals surface area contributed by atoms with E-state index in [-0.39, 0.29) is 12.0 Å². The minimum Gasteiger partial charge on any atom is -0.484 e. The monoisotopic (exact) mass is 362 g/mol. The Morgan fingerprint density at radius 2 is 2.00 bits per heavy atom. The van der Waals surface area contributed by atoms with E-state index in [0.717, 1.165) is 11.1 Å². The van der Waals surface area contributed by atoms with Gasteiger partial charge in [0.15, 0.2) is 0 Å². The van der Waals surface area contributed by atoms with Crippen molar-refractivity contribution in [3.63, 3.8) is 0 Å². The molecule has 7 heteroatoms. The molecule has 0 fully saturated rings. The Hall–Kier alpha value is -2.38. The Morgan fingerprint density at radius 3 is 2.58 bits per heavy atom. The Labute approximate surface area is 152 Å². The predicted molar refractivity (Wildman–Crippen MR) is 96.5 cm³/mol. The Morgan fingerprint density at radius 1 is 1.31 bits per heavy atom. The van der Waals surface area contributed by atoms with Crippen LogP contribution in [-0.4, -0.2) is 46.4 Å². The maximum atomic E-state index is 12.4. The highest BCUT2D eigenvalue weighted by Crippen LogP contribution is 2.25. The van der Waals surface area contributed by atoms with Crippen LogP contribution in [0.25, 0.3) is 0 Å². The van der Waals surface area contributed by atoms with Crippen molar-refractivity contribution in [3.05, 3.63) is 41.0 Å². The molecular weight excluding hydrogens is 336 g/mol. The highest BCUT2D eigenvalue weighted by molar-refractivity contribution is 5.97. The number of hydrogen-bond donors (Lipinski definition) is 4. The first kappa shape index (κ1) is 19.9. The average molecular weight is 362 g/mol. The first-order valence-electron chi connectivity index (χ1n) is 8.63. The van der Waals surface area contributed by atoms with Crippen LogP contribution in [0, 0.1) is 13.8 Å². The number of hydrogen-bond acceptors (Lipinski definition) is 5. The zero-order chi connectivity index (χ0) is 19.4. The molecule has 26 heavy (non-hydrogen) atoms. The summed E-state index contributed by atoms with van der Waals surface area (Å²) in [6.45, 7) is 5.65. The smallest absolute Gasteiger partial charge is 0.247 e. The lowest BCUT2D eigenvalue weighted by atomic mass is 9.91. The van der Waals surface area contributed by atoms with Gasteiger partial charge in [0.25, 0.3) is 0 Å². The second-order valence-corrected chi connectivity index (χ2v) is 6.62. The quantitative estimate of drug-likeness (QED) is 0.586. The van der Waals surface area contributed by atoms with Crippen molar-refractivity contribution in [1.82, 2.24) is 5.32 Å². The van der Waals surface area contributed by atoms with E-state index in [4.69, 9.17) is 10.5 Å².